The molecule has 4 heteroatoms. The fourth-order valence-electron chi connectivity index (χ4n) is 4.51. The van der Waals surface area contributed by atoms with Crippen molar-refractivity contribution < 1.29 is 0 Å². The molecule has 1 aliphatic carbocycles. The number of nitrogens with zero attached hydrogens (tertiary/aromatic N) is 1. The first-order chi connectivity index (χ1) is 12.1. The van der Waals surface area contributed by atoms with Crippen LogP contribution in [0.2, 0.25) is 5.02 Å². The molecule has 0 unspecified atom stereocenters. The van der Waals surface area contributed by atoms with Gasteiger partial charge in [-0.1, -0.05) is 27.5 Å². The maximum absolute atomic E-state index is 6.15. The standard InChI is InChI=1S/C21H32BrClN2/c22-21-8-5-19(23)15-18(21)14-17-9-12-25(13-10-17)11-1-2-16-3-6-20(24)7-4-16/h5,8,15-17,20H,1-4,6-7,9-14,24H2. The first-order valence-electron chi connectivity index (χ1n) is 10.0. The summed E-state index contributed by atoms with van der Waals surface area (Å²) < 4.78 is 1.20. The van der Waals surface area contributed by atoms with Crippen molar-refractivity contribution in [3.63, 3.8) is 0 Å². The second kappa shape index (κ2) is 9.73. The van der Waals surface area contributed by atoms with E-state index in [0.717, 1.165) is 23.3 Å². The SMILES string of the molecule is NC1CCC(CCCN2CCC(Cc3cc(Cl)ccc3Br)CC2)CC1. The summed E-state index contributed by atoms with van der Waals surface area (Å²) >= 11 is 9.82. The van der Waals surface area contributed by atoms with Gasteiger partial charge in [-0.3, -0.25) is 0 Å². The molecule has 0 bridgehead atoms. The molecule has 2 nitrogen and oxygen atoms in total. The molecule has 0 amide bonds. The number of hydrogen-bond acceptors (Lipinski definition) is 2. The summed E-state index contributed by atoms with van der Waals surface area (Å²) in [6.45, 7) is 3.81. The number of rotatable bonds is 6. The zero-order valence-electron chi connectivity index (χ0n) is 15.2. The van der Waals surface area contributed by atoms with Gasteiger partial charge in [-0.25, -0.2) is 0 Å². The van der Waals surface area contributed by atoms with E-state index in [9.17, 15) is 0 Å². The van der Waals surface area contributed by atoms with Gasteiger partial charge in [0.1, 0.15) is 0 Å². The molecule has 1 heterocycles. The molecule has 0 atom stereocenters. The number of likely N-dealkylation sites (tertiary alicyclic amines) is 1. The van der Waals surface area contributed by atoms with Gasteiger partial charge in [0.2, 0.25) is 0 Å². The molecule has 0 aromatic heterocycles. The highest BCUT2D eigenvalue weighted by Gasteiger charge is 2.21. The van der Waals surface area contributed by atoms with E-state index in [1.165, 1.54) is 81.0 Å². The third kappa shape index (κ3) is 6.23. The lowest BCUT2D eigenvalue weighted by Gasteiger charge is -2.33. The van der Waals surface area contributed by atoms with Crippen LogP contribution >= 0.6 is 27.5 Å². The molecule has 0 radical (unpaired) electrons. The molecular weight excluding hydrogens is 396 g/mol. The maximum atomic E-state index is 6.15. The summed E-state index contributed by atoms with van der Waals surface area (Å²) in [5.74, 6) is 1.74. The lowest BCUT2D eigenvalue weighted by atomic mass is 9.83. The molecule has 2 fully saturated rings. The van der Waals surface area contributed by atoms with Crippen LogP contribution in [0.3, 0.4) is 0 Å². The second-order valence-corrected chi connectivity index (χ2v) is 9.44. The topological polar surface area (TPSA) is 29.3 Å². The van der Waals surface area contributed by atoms with Crippen molar-refractivity contribution in [1.29, 1.82) is 0 Å². The van der Waals surface area contributed by atoms with Gasteiger partial charge in [0.15, 0.2) is 0 Å². The molecule has 1 saturated carbocycles. The van der Waals surface area contributed by atoms with Gasteiger partial charge < -0.3 is 10.6 Å². The highest BCUT2D eigenvalue weighted by Crippen LogP contribution is 2.29. The van der Waals surface area contributed by atoms with Crippen LogP contribution in [-0.4, -0.2) is 30.6 Å². The number of nitrogens with two attached hydrogens (primary N) is 1. The van der Waals surface area contributed by atoms with Crippen LogP contribution in [0.4, 0.5) is 0 Å². The monoisotopic (exact) mass is 426 g/mol. The predicted molar refractivity (Wildman–Crippen MR) is 111 cm³/mol. The largest absolute Gasteiger partial charge is 0.328 e. The Labute approximate surface area is 166 Å². The van der Waals surface area contributed by atoms with Crippen molar-refractivity contribution in [3.05, 3.63) is 33.3 Å². The van der Waals surface area contributed by atoms with E-state index in [0.29, 0.717) is 6.04 Å². The number of piperidine rings is 1. The molecule has 1 saturated heterocycles. The van der Waals surface area contributed by atoms with Gasteiger partial charge >= 0.3 is 0 Å². The Kier molecular flexibility index (Phi) is 7.66. The second-order valence-electron chi connectivity index (χ2n) is 8.15. The third-order valence-corrected chi connectivity index (χ3v) is 7.21. The van der Waals surface area contributed by atoms with Crippen LogP contribution in [0.15, 0.2) is 22.7 Å². The summed E-state index contributed by atoms with van der Waals surface area (Å²) in [5, 5.41) is 0.847. The average Bonchev–Trinajstić information content (AvgIpc) is 2.61. The zero-order chi connectivity index (χ0) is 17.6. The van der Waals surface area contributed by atoms with Gasteiger partial charge in [-0.05, 0) is 113 Å². The van der Waals surface area contributed by atoms with Gasteiger partial charge in [0.25, 0.3) is 0 Å². The fraction of sp³-hybridized carbons (Fsp3) is 0.714. The van der Waals surface area contributed by atoms with Gasteiger partial charge in [0.05, 0.1) is 0 Å². The van der Waals surface area contributed by atoms with Crippen molar-refractivity contribution in [3.8, 4) is 0 Å². The first kappa shape index (κ1) is 19.7. The quantitative estimate of drug-likeness (QED) is 0.635. The highest BCUT2D eigenvalue weighted by atomic mass is 79.9. The van der Waals surface area contributed by atoms with Crippen molar-refractivity contribution in [2.75, 3.05) is 19.6 Å². The van der Waals surface area contributed by atoms with Crippen molar-refractivity contribution in [2.24, 2.45) is 17.6 Å². The molecule has 0 spiro atoms. The van der Waals surface area contributed by atoms with Gasteiger partial charge in [0, 0.05) is 15.5 Å². The maximum Gasteiger partial charge on any atom is 0.0409 e. The number of benzene rings is 1. The first-order valence-corrected chi connectivity index (χ1v) is 11.2. The Morgan fingerprint density at radius 2 is 1.76 bits per heavy atom. The average molecular weight is 428 g/mol. The predicted octanol–water partition coefficient (Wildman–Crippen LogP) is 5.65. The molecule has 1 aliphatic heterocycles. The zero-order valence-corrected chi connectivity index (χ0v) is 17.6. The number of hydrogen-bond donors (Lipinski definition) is 1. The molecule has 3 rings (SSSR count). The third-order valence-electron chi connectivity index (χ3n) is 6.20. The summed E-state index contributed by atoms with van der Waals surface area (Å²) in [6.07, 6.45) is 11.8. The normalized spacial score (nSPS) is 26.0. The molecule has 2 N–H and O–H groups in total. The Balaban J connectivity index is 1.34. The van der Waals surface area contributed by atoms with Crippen LogP contribution in [-0.2, 0) is 6.42 Å². The summed E-state index contributed by atoms with van der Waals surface area (Å²) in [6, 6.07) is 6.63. The van der Waals surface area contributed by atoms with E-state index in [-0.39, 0.29) is 0 Å². The van der Waals surface area contributed by atoms with E-state index in [1.807, 2.05) is 6.07 Å². The minimum atomic E-state index is 0.481. The summed E-state index contributed by atoms with van der Waals surface area (Å²) in [7, 11) is 0. The minimum absolute atomic E-state index is 0.481. The van der Waals surface area contributed by atoms with Crippen LogP contribution in [0.25, 0.3) is 0 Å². The molecular formula is C21H32BrClN2. The summed E-state index contributed by atoms with van der Waals surface area (Å²) in [4.78, 5) is 2.68. The molecule has 1 aromatic carbocycles. The Morgan fingerprint density at radius 3 is 2.48 bits per heavy atom. The van der Waals surface area contributed by atoms with Crippen molar-refractivity contribution in [1.82, 2.24) is 4.90 Å². The molecule has 25 heavy (non-hydrogen) atoms. The molecule has 140 valence electrons. The van der Waals surface area contributed by atoms with Crippen LogP contribution in [0.1, 0.15) is 56.9 Å². The van der Waals surface area contributed by atoms with Crippen molar-refractivity contribution >= 4 is 27.5 Å². The smallest absolute Gasteiger partial charge is 0.0409 e. The molecule has 1 aromatic rings. The van der Waals surface area contributed by atoms with E-state index < -0.39 is 0 Å². The van der Waals surface area contributed by atoms with E-state index in [4.69, 9.17) is 17.3 Å². The number of halogens is 2. The van der Waals surface area contributed by atoms with Crippen LogP contribution in [0, 0.1) is 11.8 Å². The van der Waals surface area contributed by atoms with Gasteiger partial charge in [-0.2, -0.15) is 0 Å². The van der Waals surface area contributed by atoms with Crippen LogP contribution < -0.4 is 5.73 Å². The van der Waals surface area contributed by atoms with E-state index >= 15 is 0 Å². The Hall–Kier alpha value is -0.0900. The summed E-state index contributed by atoms with van der Waals surface area (Å²) in [5.41, 5.74) is 7.37. The lowest BCUT2D eigenvalue weighted by Crippen LogP contribution is -2.35. The van der Waals surface area contributed by atoms with E-state index in [1.54, 1.807) is 0 Å². The lowest BCUT2D eigenvalue weighted by molar-refractivity contribution is 0.175. The molecule has 2 aliphatic rings. The van der Waals surface area contributed by atoms with E-state index in [2.05, 4.69) is 33.0 Å². The van der Waals surface area contributed by atoms with Gasteiger partial charge in [-0.15, -0.1) is 0 Å². The van der Waals surface area contributed by atoms with Crippen molar-refractivity contribution in [2.45, 2.75) is 63.8 Å². The highest BCUT2D eigenvalue weighted by molar-refractivity contribution is 9.10. The van der Waals surface area contributed by atoms with Crippen LogP contribution in [0.5, 0.6) is 0 Å². The minimum Gasteiger partial charge on any atom is -0.328 e. The fourth-order valence-corrected chi connectivity index (χ4v) is 5.11. The Morgan fingerprint density at radius 1 is 1.04 bits per heavy atom. The Bertz CT molecular complexity index is 535.